The Balaban J connectivity index is 1.68. The maximum absolute atomic E-state index is 12.3. The summed E-state index contributed by atoms with van der Waals surface area (Å²) in [6.07, 6.45) is 4.20. The van der Waals surface area contributed by atoms with Gasteiger partial charge in [0.2, 0.25) is 0 Å². The molecule has 1 aromatic heterocycles. The highest BCUT2D eigenvalue weighted by molar-refractivity contribution is 6.04. The fourth-order valence-electron chi connectivity index (χ4n) is 2.44. The van der Waals surface area contributed by atoms with Gasteiger partial charge in [-0.1, -0.05) is 26.0 Å². The first-order valence-electron chi connectivity index (χ1n) is 8.03. The van der Waals surface area contributed by atoms with Crippen LogP contribution in [0.2, 0.25) is 0 Å². The number of rotatable bonds is 5. The van der Waals surface area contributed by atoms with Crippen molar-refractivity contribution in [3.63, 3.8) is 0 Å². The molecule has 1 atom stereocenters. The van der Waals surface area contributed by atoms with Gasteiger partial charge in [-0.05, 0) is 54.3 Å². The first-order chi connectivity index (χ1) is 11.7. The van der Waals surface area contributed by atoms with Gasteiger partial charge in [-0.25, -0.2) is 9.67 Å². The molecule has 122 valence electrons. The molecule has 0 unspecified atom stereocenters. The standard InChI is InChI=1S/C19H20N4O/c1-3-14(2)15-4-8-17(9-5-15)22-19(24)16-6-10-18(11-7-16)23-13-20-12-21-23/h4-14H,3H2,1-2H3,(H,22,24)/t14-/m0/s1. The third kappa shape index (κ3) is 3.51. The summed E-state index contributed by atoms with van der Waals surface area (Å²) in [7, 11) is 0. The summed E-state index contributed by atoms with van der Waals surface area (Å²) >= 11 is 0. The van der Waals surface area contributed by atoms with E-state index in [-0.39, 0.29) is 5.91 Å². The van der Waals surface area contributed by atoms with Crippen LogP contribution in [0.15, 0.2) is 61.2 Å². The second kappa shape index (κ2) is 7.08. The highest BCUT2D eigenvalue weighted by atomic mass is 16.1. The van der Waals surface area contributed by atoms with E-state index in [1.165, 1.54) is 11.9 Å². The van der Waals surface area contributed by atoms with E-state index in [2.05, 4.69) is 41.4 Å². The Labute approximate surface area is 141 Å². The van der Waals surface area contributed by atoms with Gasteiger partial charge in [0.1, 0.15) is 12.7 Å². The Morgan fingerprint density at radius 1 is 1.12 bits per heavy atom. The van der Waals surface area contributed by atoms with Gasteiger partial charge in [0.05, 0.1) is 5.69 Å². The zero-order valence-electron chi connectivity index (χ0n) is 13.8. The van der Waals surface area contributed by atoms with Crippen LogP contribution in [0, 0.1) is 0 Å². The van der Waals surface area contributed by atoms with Crippen LogP contribution in [0.3, 0.4) is 0 Å². The van der Waals surface area contributed by atoms with Gasteiger partial charge in [-0.15, -0.1) is 0 Å². The largest absolute Gasteiger partial charge is 0.322 e. The molecule has 0 fully saturated rings. The number of carbonyl (C=O) groups excluding carboxylic acids is 1. The van der Waals surface area contributed by atoms with Gasteiger partial charge in [0, 0.05) is 11.3 Å². The van der Waals surface area contributed by atoms with Crippen LogP contribution in [0.5, 0.6) is 0 Å². The summed E-state index contributed by atoms with van der Waals surface area (Å²) < 4.78 is 1.65. The second-order valence-corrected chi connectivity index (χ2v) is 5.77. The minimum atomic E-state index is -0.128. The molecule has 5 nitrogen and oxygen atoms in total. The molecule has 3 aromatic rings. The molecule has 24 heavy (non-hydrogen) atoms. The van der Waals surface area contributed by atoms with Gasteiger partial charge in [0.15, 0.2) is 0 Å². The average molecular weight is 320 g/mol. The number of hydrogen-bond acceptors (Lipinski definition) is 3. The minimum Gasteiger partial charge on any atom is -0.322 e. The molecule has 0 aliphatic rings. The quantitative estimate of drug-likeness (QED) is 0.772. The van der Waals surface area contributed by atoms with E-state index in [0.29, 0.717) is 11.5 Å². The Bertz CT molecular complexity index is 792. The van der Waals surface area contributed by atoms with Crippen LogP contribution in [-0.2, 0) is 0 Å². The van der Waals surface area contributed by atoms with Gasteiger partial charge >= 0.3 is 0 Å². The summed E-state index contributed by atoms with van der Waals surface area (Å²) in [6.45, 7) is 4.37. The molecule has 0 saturated heterocycles. The van der Waals surface area contributed by atoms with Crippen LogP contribution in [-0.4, -0.2) is 20.7 Å². The third-order valence-corrected chi connectivity index (χ3v) is 4.16. The van der Waals surface area contributed by atoms with E-state index in [4.69, 9.17) is 0 Å². The van der Waals surface area contributed by atoms with Crippen molar-refractivity contribution >= 4 is 11.6 Å². The fraction of sp³-hybridized carbons (Fsp3) is 0.211. The van der Waals surface area contributed by atoms with Crippen molar-refractivity contribution in [2.75, 3.05) is 5.32 Å². The van der Waals surface area contributed by atoms with Crippen molar-refractivity contribution in [1.29, 1.82) is 0 Å². The van der Waals surface area contributed by atoms with Gasteiger partial charge in [-0.2, -0.15) is 5.10 Å². The summed E-state index contributed by atoms with van der Waals surface area (Å²) in [5.74, 6) is 0.399. The number of carbonyl (C=O) groups is 1. The lowest BCUT2D eigenvalue weighted by molar-refractivity contribution is 0.102. The summed E-state index contributed by atoms with van der Waals surface area (Å²) in [4.78, 5) is 16.3. The first kappa shape index (κ1) is 15.9. The second-order valence-electron chi connectivity index (χ2n) is 5.77. The smallest absolute Gasteiger partial charge is 0.255 e. The lowest BCUT2D eigenvalue weighted by Crippen LogP contribution is -2.12. The zero-order valence-corrected chi connectivity index (χ0v) is 13.8. The zero-order chi connectivity index (χ0) is 16.9. The molecule has 0 bridgehead atoms. The normalized spacial score (nSPS) is 11.9. The average Bonchev–Trinajstić information content (AvgIpc) is 3.16. The topological polar surface area (TPSA) is 59.8 Å². The first-order valence-corrected chi connectivity index (χ1v) is 8.03. The van der Waals surface area contributed by atoms with Crippen LogP contribution in [0.1, 0.15) is 42.1 Å². The fourth-order valence-corrected chi connectivity index (χ4v) is 2.44. The van der Waals surface area contributed by atoms with Crippen molar-refractivity contribution < 1.29 is 4.79 Å². The van der Waals surface area contributed by atoms with Gasteiger partial charge in [0.25, 0.3) is 5.91 Å². The predicted molar refractivity (Wildman–Crippen MR) is 94.5 cm³/mol. The molecule has 0 aliphatic carbocycles. The minimum absolute atomic E-state index is 0.128. The molecule has 3 rings (SSSR count). The highest BCUT2D eigenvalue weighted by Gasteiger charge is 2.08. The highest BCUT2D eigenvalue weighted by Crippen LogP contribution is 2.21. The Kier molecular flexibility index (Phi) is 4.70. The van der Waals surface area contributed by atoms with E-state index in [9.17, 15) is 4.79 Å². The SMILES string of the molecule is CC[C@H](C)c1ccc(NC(=O)c2ccc(-n3cncn3)cc2)cc1. The van der Waals surface area contributed by atoms with E-state index >= 15 is 0 Å². The summed E-state index contributed by atoms with van der Waals surface area (Å²) in [6, 6.07) is 15.3. The molecule has 5 heteroatoms. The predicted octanol–water partition coefficient (Wildman–Crippen LogP) is 4.03. The maximum Gasteiger partial charge on any atom is 0.255 e. The number of nitrogens with zero attached hydrogens (tertiary/aromatic N) is 3. The number of anilines is 1. The molecule has 0 aliphatic heterocycles. The van der Waals surface area contributed by atoms with E-state index in [1.54, 1.807) is 23.1 Å². The summed E-state index contributed by atoms with van der Waals surface area (Å²) in [5.41, 5.74) is 3.55. The van der Waals surface area contributed by atoms with Gasteiger partial charge < -0.3 is 5.32 Å². The van der Waals surface area contributed by atoms with E-state index in [1.807, 2.05) is 24.3 Å². The summed E-state index contributed by atoms with van der Waals surface area (Å²) in [5, 5.41) is 6.99. The van der Waals surface area contributed by atoms with Crippen molar-refractivity contribution in [2.24, 2.45) is 0 Å². The molecular weight excluding hydrogens is 300 g/mol. The van der Waals surface area contributed by atoms with Crippen molar-refractivity contribution in [1.82, 2.24) is 14.8 Å². The Morgan fingerprint density at radius 3 is 2.42 bits per heavy atom. The molecule has 2 aromatic carbocycles. The molecular formula is C19H20N4O. The number of nitrogens with one attached hydrogen (secondary N) is 1. The van der Waals surface area contributed by atoms with Crippen LogP contribution in [0.4, 0.5) is 5.69 Å². The number of hydrogen-bond donors (Lipinski definition) is 1. The lowest BCUT2D eigenvalue weighted by atomic mass is 9.98. The number of aromatic nitrogens is 3. The molecule has 0 radical (unpaired) electrons. The Morgan fingerprint density at radius 2 is 1.83 bits per heavy atom. The monoisotopic (exact) mass is 320 g/mol. The number of amides is 1. The van der Waals surface area contributed by atoms with Crippen LogP contribution >= 0.6 is 0 Å². The van der Waals surface area contributed by atoms with E-state index in [0.717, 1.165) is 17.8 Å². The van der Waals surface area contributed by atoms with Crippen LogP contribution in [0.25, 0.3) is 5.69 Å². The molecule has 1 N–H and O–H groups in total. The third-order valence-electron chi connectivity index (χ3n) is 4.16. The van der Waals surface area contributed by atoms with Crippen molar-refractivity contribution in [3.8, 4) is 5.69 Å². The van der Waals surface area contributed by atoms with Crippen molar-refractivity contribution in [2.45, 2.75) is 26.2 Å². The molecule has 0 spiro atoms. The molecule has 0 saturated carbocycles. The lowest BCUT2D eigenvalue weighted by Gasteiger charge is -2.10. The molecule has 1 amide bonds. The van der Waals surface area contributed by atoms with Crippen molar-refractivity contribution in [3.05, 3.63) is 72.3 Å². The van der Waals surface area contributed by atoms with Gasteiger partial charge in [-0.3, -0.25) is 4.79 Å². The van der Waals surface area contributed by atoms with E-state index < -0.39 is 0 Å². The molecule has 1 heterocycles. The van der Waals surface area contributed by atoms with Crippen LogP contribution < -0.4 is 5.32 Å². The Hall–Kier alpha value is -2.95. The number of benzene rings is 2. The maximum atomic E-state index is 12.3.